The first kappa shape index (κ1) is 21.1. The number of anilines is 2. The van der Waals surface area contributed by atoms with Crippen LogP contribution in [0.3, 0.4) is 0 Å². The fourth-order valence-corrected chi connectivity index (χ4v) is 4.55. The van der Waals surface area contributed by atoms with Crippen LogP contribution in [0.1, 0.15) is 24.0 Å². The Morgan fingerprint density at radius 2 is 1.85 bits per heavy atom. The first-order valence-corrected chi connectivity index (χ1v) is 11.4. The van der Waals surface area contributed by atoms with Crippen molar-refractivity contribution >= 4 is 23.4 Å². The highest BCUT2D eigenvalue weighted by molar-refractivity contribution is 5.97. The zero-order valence-corrected chi connectivity index (χ0v) is 18.4. The molecule has 33 heavy (non-hydrogen) atoms. The van der Waals surface area contributed by atoms with Crippen LogP contribution >= 0.6 is 0 Å². The van der Waals surface area contributed by atoms with Crippen LogP contribution in [0, 0.1) is 0 Å². The van der Waals surface area contributed by atoms with Gasteiger partial charge in [-0.25, -0.2) is 4.79 Å². The fourth-order valence-electron chi connectivity index (χ4n) is 4.55. The molecule has 2 amide bonds. The van der Waals surface area contributed by atoms with Gasteiger partial charge in [-0.3, -0.25) is 9.69 Å². The number of hydrogen-bond donors (Lipinski definition) is 2. The Labute approximate surface area is 193 Å². The number of carbonyl (C=O) groups excluding carboxylic acids is 2. The number of rotatable bonds is 5. The van der Waals surface area contributed by atoms with Crippen LogP contribution in [0.5, 0.6) is 0 Å². The van der Waals surface area contributed by atoms with Crippen molar-refractivity contribution in [1.29, 1.82) is 0 Å². The number of likely N-dealkylation sites (tertiary alicyclic amines) is 1. The average molecular weight is 442 g/mol. The van der Waals surface area contributed by atoms with Crippen LogP contribution < -0.4 is 10.6 Å². The second-order valence-corrected chi connectivity index (χ2v) is 8.51. The smallest absolute Gasteiger partial charge is 0.410 e. The van der Waals surface area contributed by atoms with Gasteiger partial charge >= 0.3 is 6.09 Å². The summed E-state index contributed by atoms with van der Waals surface area (Å²) in [7, 11) is 0. The van der Waals surface area contributed by atoms with Gasteiger partial charge in [-0.1, -0.05) is 48.5 Å². The van der Waals surface area contributed by atoms with Crippen molar-refractivity contribution in [1.82, 2.24) is 4.90 Å². The number of nitrogens with one attached hydrogen (secondary N) is 2. The van der Waals surface area contributed by atoms with Crippen LogP contribution in [0.4, 0.5) is 16.2 Å². The molecule has 168 valence electrons. The quantitative estimate of drug-likeness (QED) is 0.581. The highest BCUT2D eigenvalue weighted by Gasteiger charge is 2.35. The molecule has 3 aromatic rings. The van der Waals surface area contributed by atoms with Crippen molar-refractivity contribution in [2.45, 2.75) is 31.9 Å². The van der Waals surface area contributed by atoms with Gasteiger partial charge in [-0.05, 0) is 65.8 Å². The van der Waals surface area contributed by atoms with Crippen molar-refractivity contribution in [3.63, 3.8) is 0 Å². The summed E-state index contributed by atoms with van der Waals surface area (Å²) in [6.45, 7) is 1.69. The van der Waals surface area contributed by atoms with E-state index in [9.17, 15) is 9.59 Å². The van der Waals surface area contributed by atoms with Gasteiger partial charge in [0.15, 0.2) is 0 Å². The Hall–Kier alpha value is -3.80. The minimum Gasteiger partial charge on any atom is -0.445 e. The van der Waals surface area contributed by atoms with Gasteiger partial charge in [0.2, 0.25) is 5.91 Å². The second-order valence-electron chi connectivity index (χ2n) is 8.51. The number of nitrogens with zero attached hydrogens (tertiary/aromatic N) is 1. The number of carbonyl (C=O) groups is 2. The summed E-state index contributed by atoms with van der Waals surface area (Å²) in [4.78, 5) is 27.2. The molecule has 2 N–H and O–H groups in total. The lowest BCUT2D eigenvalue weighted by molar-refractivity contribution is -0.120. The van der Waals surface area contributed by atoms with E-state index in [1.165, 1.54) is 16.2 Å². The molecule has 1 fully saturated rings. The zero-order valence-electron chi connectivity index (χ0n) is 18.4. The van der Waals surface area contributed by atoms with Crippen LogP contribution in [-0.4, -0.2) is 36.0 Å². The highest BCUT2D eigenvalue weighted by atomic mass is 16.6. The van der Waals surface area contributed by atoms with Gasteiger partial charge in [-0.2, -0.15) is 0 Å². The predicted molar refractivity (Wildman–Crippen MR) is 129 cm³/mol. The second kappa shape index (κ2) is 9.36. The summed E-state index contributed by atoms with van der Waals surface area (Å²) >= 11 is 0. The van der Waals surface area contributed by atoms with E-state index >= 15 is 0 Å². The maximum absolute atomic E-state index is 13.0. The third-order valence-corrected chi connectivity index (χ3v) is 6.27. The Morgan fingerprint density at radius 1 is 1.00 bits per heavy atom. The summed E-state index contributed by atoms with van der Waals surface area (Å²) in [6.07, 6.45) is 1.99. The minimum atomic E-state index is -0.525. The molecule has 5 rings (SSSR count). The van der Waals surface area contributed by atoms with Gasteiger partial charge in [0, 0.05) is 24.5 Å². The third kappa shape index (κ3) is 4.70. The van der Waals surface area contributed by atoms with Gasteiger partial charge in [0.1, 0.15) is 12.6 Å². The molecule has 0 radical (unpaired) electrons. The summed E-state index contributed by atoms with van der Waals surface area (Å²) in [5, 5.41) is 6.38. The molecule has 0 aromatic heterocycles. The molecule has 1 atom stereocenters. The van der Waals surface area contributed by atoms with Crippen molar-refractivity contribution in [2.24, 2.45) is 0 Å². The molecule has 3 aromatic carbocycles. The van der Waals surface area contributed by atoms with Crippen molar-refractivity contribution < 1.29 is 14.3 Å². The van der Waals surface area contributed by atoms with E-state index < -0.39 is 12.1 Å². The predicted octanol–water partition coefficient (Wildman–Crippen LogP) is 5.06. The molecule has 2 aliphatic rings. The van der Waals surface area contributed by atoms with Crippen molar-refractivity contribution in [3.8, 4) is 11.1 Å². The lowest BCUT2D eigenvalue weighted by atomic mass is 10.0. The molecule has 0 unspecified atom stereocenters. The first-order valence-electron chi connectivity index (χ1n) is 11.4. The molecule has 0 bridgehead atoms. The average Bonchev–Trinajstić information content (AvgIpc) is 3.53. The van der Waals surface area contributed by atoms with Crippen molar-refractivity contribution in [2.75, 3.05) is 23.7 Å². The van der Waals surface area contributed by atoms with E-state index in [4.69, 9.17) is 4.74 Å². The number of amides is 2. The first-order chi connectivity index (χ1) is 16.2. The normalized spacial score (nSPS) is 16.7. The van der Waals surface area contributed by atoms with Crippen molar-refractivity contribution in [3.05, 3.63) is 83.9 Å². The Morgan fingerprint density at radius 3 is 2.73 bits per heavy atom. The van der Waals surface area contributed by atoms with E-state index in [-0.39, 0.29) is 12.5 Å². The molecule has 1 saturated heterocycles. The maximum Gasteiger partial charge on any atom is 0.410 e. The van der Waals surface area contributed by atoms with E-state index in [1.54, 1.807) is 0 Å². The summed E-state index contributed by atoms with van der Waals surface area (Å²) in [6, 6.07) is 23.3. The molecular weight excluding hydrogens is 414 g/mol. The van der Waals surface area contributed by atoms with Crippen LogP contribution in [0.25, 0.3) is 11.1 Å². The molecule has 6 nitrogen and oxygen atoms in total. The third-order valence-electron chi connectivity index (χ3n) is 6.27. The van der Waals surface area contributed by atoms with Crippen LogP contribution in [0.15, 0.2) is 72.8 Å². The Kier molecular flexibility index (Phi) is 5.98. The standard InChI is InChI=1S/C27H27N3O3/c31-26(25-10-5-15-30(25)27(32)33-18-19-6-2-1-3-7-19)29-23-9-4-8-20(17-23)21-11-12-24-22(16-21)13-14-28-24/h1-4,6-9,11-12,16-17,25,28H,5,10,13-15,18H2,(H,29,31)/t25-/m0/s1. The lowest BCUT2D eigenvalue weighted by Gasteiger charge is -2.23. The SMILES string of the molecule is O=C(Nc1cccc(-c2ccc3c(c2)CCN3)c1)[C@@H]1CCCN1C(=O)OCc1ccccc1. The van der Waals surface area contributed by atoms with E-state index in [0.717, 1.165) is 41.8 Å². The number of benzene rings is 3. The molecule has 2 heterocycles. The summed E-state index contributed by atoms with van der Waals surface area (Å²) < 4.78 is 5.46. The molecule has 6 heteroatoms. The summed E-state index contributed by atoms with van der Waals surface area (Å²) in [5.74, 6) is -0.181. The lowest BCUT2D eigenvalue weighted by Crippen LogP contribution is -2.43. The highest BCUT2D eigenvalue weighted by Crippen LogP contribution is 2.30. The number of hydrogen-bond acceptors (Lipinski definition) is 4. The van der Waals surface area contributed by atoms with Gasteiger partial charge in [0.05, 0.1) is 0 Å². The Balaban J connectivity index is 1.24. The summed E-state index contributed by atoms with van der Waals surface area (Å²) in [5.41, 5.74) is 6.33. The monoisotopic (exact) mass is 441 g/mol. The van der Waals surface area contributed by atoms with E-state index in [2.05, 4.69) is 28.8 Å². The van der Waals surface area contributed by atoms with Crippen LogP contribution in [0.2, 0.25) is 0 Å². The zero-order chi connectivity index (χ0) is 22.6. The largest absolute Gasteiger partial charge is 0.445 e. The Bertz CT molecular complexity index is 1160. The number of fused-ring (bicyclic) bond motifs is 1. The molecule has 0 saturated carbocycles. The van der Waals surface area contributed by atoms with Gasteiger partial charge in [0.25, 0.3) is 0 Å². The van der Waals surface area contributed by atoms with E-state index in [1.807, 2.05) is 54.6 Å². The topological polar surface area (TPSA) is 70.7 Å². The molecule has 0 aliphatic carbocycles. The van der Waals surface area contributed by atoms with E-state index in [0.29, 0.717) is 13.0 Å². The number of ether oxygens (including phenoxy) is 1. The minimum absolute atomic E-state index is 0.181. The molecule has 2 aliphatic heterocycles. The van der Waals surface area contributed by atoms with Crippen LogP contribution in [-0.2, 0) is 22.6 Å². The van der Waals surface area contributed by atoms with Gasteiger partial charge in [-0.15, -0.1) is 0 Å². The molecule has 0 spiro atoms. The fraction of sp³-hybridized carbons (Fsp3) is 0.259. The van der Waals surface area contributed by atoms with Gasteiger partial charge < -0.3 is 15.4 Å². The maximum atomic E-state index is 13.0. The molecular formula is C27H27N3O3.